The highest BCUT2D eigenvalue weighted by Gasteiger charge is 2.17. The zero-order valence-corrected chi connectivity index (χ0v) is 10.5. The summed E-state index contributed by atoms with van der Waals surface area (Å²) in [5, 5.41) is 0. The first-order chi connectivity index (χ1) is 6.56. The van der Waals surface area contributed by atoms with Crippen LogP contribution in [0.2, 0.25) is 0 Å². The third-order valence-corrected chi connectivity index (χ3v) is 2.67. The van der Waals surface area contributed by atoms with E-state index < -0.39 is 0 Å². The van der Waals surface area contributed by atoms with E-state index in [-0.39, 0.29) is 17.6 Å². The first-order valence-corrected chi connectivity index (χ1v) is 5.41. The van der Waals surface area contributed by atoms with Crippen molar-refractivity contribution < 1.29 is 4.74 Å². The summed E-state index contributed by atoms with van der Waals surface area (Å²) in [5.74, 6) is 0.871. The summed E-state index contributed by atoms with van der Waals surface area (Å²) in [6.07, 6.45) is 1.41. The quantitative estimate of drug-likeness (QED) is 0.865. The molecular formula is C9H13IN2O2. The van der Waals surface area contributed by atoms with Crippen molar-refractivity contribution in [3.8, 4) is 0 Å². The van der Waals surface area contributed by atoms with Gasteiger partial charge in [0.15, 0.2) is 0 Å². The molecule has 0 amide bonds. The molecule has 1 atom stereocenters. The van der Waals surface area contributed by atoms with Crippen molar-refractivity contribution in [1.29, 1.82) is 0 Å². The minimum atomic E-state index is -0.153. The smallest absolute Gasteiger partial charge is 0.264 e. The second-order valence-electron chi connectivity index (χ2n) is 3.35. The summed E-state index contributed by atoms with van der Waals surface area (Å²) < 4.78 is 5.85. The van der Waals surface area contributed by atoms with E-state index in [4.69, 9.17) is 4.74 Å². The van der Waals surface area contributed by atoms with Gasteiger partial charge in [-0.15, -0.1) is 0 Å². The average molecular weight is 308 g/mol. The Labute approximate surface area is 96.2 Å². The number of ether oxygens (including phenoxy) is 1. The molecule has 0 bridgehead atoms. The highest BCUT2D eigenvalue weighted by molar-refractivity contribution is 14.1. The molecule has 0 radical (unpaired) electrons. The van der Waals surface area contributed by atoms with Crippen molar-refractivity contribution >= 4 is 22.6 Å². The fourth-order valence-electron chi connectivity index (χ4n) is 1.24. The van der Waals surface area contributed by atoms with Crippen molar-refractivity contribution in [3.63, 3.8) is 0 Å². The van der Waals surface area contributed by atoms with Gasteiger partial charge in [-0.2, -0.15) is 0 Å². The van der Waals surface area contributed by atoms with Crippen LogP contribution in [0.3, 0.4) is 0 Å². The Morgan fingerprint density at radius 1 is 1.57 bits per heavy atom. The molecule has 1 aromatic heterocycles. The predicted octanol–water partition coefficient (Wildman–Crippen LogP) is 1.72. The third kappa shape index (κ3) is 2.54. The second kappa shape index (κ2) is 4.88. The Morgan fingerprint density at radius 2 is 2.21 bits per heavy atom. The van der Waals surface area contributed by atoms with Crippen LogP contribution in [0.1, 0.15) is 25.8 Å². The molecule has 0 aliphatic rings. The van der Waals surface area contributed by atoms with E-state index in [1.165, 1.54) is 0 Å². The van der Waals surface area contributed by atoms with E-state index in [9.17, 15) is 4.79 Å². The number of aromatic amines is 1. The Hall–Kier alpha value is -0.430. The number of aromatic nitrogens is 2. The standard InChI is InChI=1S/C9H13IN2O2/c1-5(2)7(14-3)8-11-4-6(10)9(13)12-8/h4-5,7H,1-3H3,(H,11,12,13). The number of nitrogens with zero attached hydrogens (tertiary/aromatic N) is 1. The number of hydrogen-bond acceptors (Lipinski definition) is 3. The van der Waals surface area contributed by atoms with Gasteiger partial charge >= 0.3 is 0 Å². The molecule has 14 heavy (non-hydrogen) atoms. The molecule has 1 unspecified atom stereocenters. The first kappa shape index (κ1) is 11.6. The lowest BCUT2D eigenvalue weighted by molar-refractivity contribution is 0.0572. The lowest BCUT2D eigenvalue weighted by Crippen LogP contribution is -2.20. The molecule has 0 aliphatic heterocycles. The van der Waals surface area contributed by atoms with E-state index in [0.717, 1.165) is 0 Å². The van der Waals surface area contributed by atoms with Crippen LogP contribution in [0.25, 0.3) is 0 Å². The molecule has 0 fully saturated rings. The number of nitrogens with one attached hydrogen (secondary N) is 1. The van der Waals surface area contributed by atoms with Crippen LogP contribution in [-0.2, 0) is 4.74 Å². The fourth-order valence-corrected chi connectivity index (χ4v) is 1.51. The van der Waals surface area contributed by atoms with Gasteiger partial charge in [0.25, 0.3) is 5.56 Å². The van der Waals surface area contributed by atoms with Crippen molar-refractivity contribution in [2.24, 2.45) is 5.92 Å². The van der Waals surface area contributed by atoms with Gasteiger partial charge in [-0.05, 0) is 28.5 Å². The molecule has 1 aromatic rings. The monoisotopic (exact) mass is 308 g/mol. The van der Waals surface area contributed by atoms with Crippen LogP contribution in [0.15, 0.2) is 11.0 Å². The van der Waals surface area contributed by atoms with Gasteiger partial charge in [-0.25, -0.2) is 4.98 Å². The summed E-state index contributed by atoms with van der Waals surface area (Å²) in [6.45, 7) is 4.04. The van der Waals surface area contributed by atoms with Gasteiger partial charge in [0.05, 0.1) is 3.57 Å². The summed E-state index contributed by atoms with van der Waals surface area (Å²) in [7, 11) is 1.61. The van der Waals surface area contributed by atoms with Gasteiger partial charge in [-0.3, -0.25) is 4.79 Å². The average Bonchev–Trinajstić information content (AvgIpc) is 2.11. The largest absolute Gasteiger partial charge is 0.373 e. The van der Waals surface area contributed by atoms with E-state index in [2.05, 4.69) is 9.97 Å². The number of H-pyrrole nitrogens is 1. The molecule has 0 aliphatic carbocycles. The van der Waals surface area contributed by atoms with Crippen molar-refractivity contribution in [2.75, 3.05) is 7.11 Å². The van der Waals surface area contributed by atoms with Gasteiger partial charge in [-0.1, -0.05) is 13.8 Å². The molecule has 1 heterocycles. The van der Waals surface area contributed by atoms with Gasteiger partial charge in [0.2, 0.25) is 0 Å². The molecule has 78 valence electrons. The summed E-state index contributed by atoms with van der Waals surface area (Å²) in [5.41, 5.74) is -0.113. The molecule has 0 aromatic carbocycles. The van der Waals surface area contributed by atoms with Crippen molar-refractivity contribution in [3.05, 3.63) is 25.9 Å². The number of methoxy groups -OCH3 is 1. The molecular weight excluding hydrogens is 295 g/mol. The summed E-state index contributed by atoms with van der Waals surface area (Å²) in [6, 6.07) is 0. The van der Waals surface area contributed by atoms with Crippen LogP contribution < -0.4 is 5.56 Å². The fraction of sp³-hybridized carbons (Fsp3) is 0.556. The molecule has 0 spiro atoms. The van der Waals surface area contributed by atoms with Gasteiger partial charge in [0, 0.05) is 13.3 Å². The zero-order valence-electron chi connectivity index (χ0n) is 8.37. The maximum atomic E-state index is 11.3. The molecule has 0 saturated heterocycles. The highest BCUT2D eigenvalue weighted by Crippen LogP contribution is 2.20. The molecule has 1 rings (SSSR count). The van der Waals surface area contributed by atoms with Crippen LogP contribution in [0, 0.1) is 9.49 Å². The lowest BCUT2D eigenvalue weighted by Gasteiger charge is -2.17. The lowest BCUT2D eigenvalue weighted by atomic mass is 10.1. The SMILES string of the molecule is COC(c1ncc(I)c(=O)[nH]1)C(C)C. The van der Waals surface area contributed by atoms with E-state index in [1.807, 2.05) is 36.4 Å². The molecule has 4 nitrogen and oxygen atoms in total. The van der Waals surface area contributed by atoms with Crippen molar-refractivity contribution in [2.45, 2.75) is 20.0 Å². The van der Waals surface area contributed by atoms with E-state index in [1.54, 1.807) is 13.3 Å². The normalized spacial score (nSPS) is 13.2. The summed E-state index contributed by atoms with van der Waals surface area (Å²) in [4.78, 5) is 18.2. The Balaban J connectivity index is 3.06. The Morgan fingerprint density at radius 3 is 2.64 bits per heavy atom. The Bertz CT molecular complexity index is 362. The van der Waals surface area contributed by atoms with Crippen LogP contribution in [0.4, 0.5) is 0 Å². The minimum absolute atomic E-state index is 0.113. The first-order valence-electron chi connectivity index (χ1n) is 4.33. The van der Waals surface area contributed by atoms with E-state index in [0.29, 0.717) is 9.39 Å². The van der Waals surface area contributed by atoms with Crippen LogP contribution >= 0.6 is 22.6 Å². The maximum absolute atomic E-state index is 11.3. The topological polar surface area (TPSA) is 55.0 Å². The number of hydrogen-bond donors (Lipinski definition) is 1. The number of rotatable bonds is 3. The second-order valence-corrected chi connectivity index (χ2v) is 4.51. The van der Waals surface area contributed by atoms with E-state index >= 15 is 0 Å². The maximum Gasteiger partial charge on any atom is 0.264 e. The van der Waals surface area contributed by atoms with Crippen molar-refractivity contribution in [1.82, 2.24) is 9.97 Å². The zero-order chi connectivity index (χ0) is 10.7. The predicted molar refractivity (Wildman–Crippen MR) is 62.2 cm³/mol. The molecule has 1 N–H and O–H groups in total. The highest BCUT2D eigenvalue weighted by atomic mass is 127. The minimum Gasteiger partial charge on any atom is -0.373 e. The number of halogens is 1. The molecule has 0 saturated carbocycles. The van der Waals surface area contributed by atoms with Crippen LogP contribution in [-0.4, -0.2) is 17.1 Å². The molecule has 5 heteroatoms. The third-order valence-electron chi connectivity index (χ3n) is 1.90. The summed E-state index contributed by atoms with van der Waals surface area (Å²) >= 11 is 1.95. The van der Waals surface area contributed by atoms with Gasteiger partial charge in [0.1, 0.15) is 11.9 Å². The van der Waals surface area contributed by atoms with Crippen LogP contribution in [0.5, 0.6) is 0 Å². The van der Waals surface area contributed by atoms with Gasteiger partial charge < -0.3 is 9.72 Å². The Kier molecular flexibility index (Phi) is 4.06.